The molecule has 0 aliphatic carbocycles. The van der Waals surface area contributed by atoms with E-state index in [1.54, 1.807) is 0 Å². The van der Waals surface area contributed by atoms with Gasteiger partial charge >= 0.3 is 0 Å². The molecule has 3 rings (SSSR count). The molecule has 1 nitrogen and oxygen atoms in total. The van der Waals surface area contributed by atoms with Crippen molar-refractivity contribution in [3.8, 4) is 0 Å². The average Bonchev–Trinajstić information content (AvgIpc) is 2.34. The van der Waals surface area contributed by atoms with Crippen molar-refractivity contribution in [3.63, 3.8) is 0 Å². The Morgan fingerprint density at radius 3 is 2.39 bits per heavy atom. The molecule has 1 N–H and O–H groups in total. The van der Waals surface area contributed by atoms with Crippen LogP contribution in [0.1, 0.15) is 0 Å². The van der Waals surface area contributed by atoms with Crippen LogP contribution in [-0.4, -0.2) is 8.07 Å². The predicted octanol–water partition coefficient (Wildman–Crippen LogP) is 4.44. The van der Waals surface area contributed by atoms with Crippen LogP contribution in [0.4, 0.5) is 11.4 Å². The van der Waals surface area contributed by atoms with Gasteiger partial charge in [-0.25, -0.2) is 0 Å². The number of nitrogens with one attached hydrogen (secondary N) is 1. The van der Waals surface area contributed by atoms with E-state index in [4.69, 9.17) is 0 Å². The average molecular weight is 271 g/mol. The van der Waals surface area contributed by atoms with Gasteiger partial charge in [-0.3, -0.25) is 0 Å². The highest BCUT2D eigenvalue weighted by molar-refractivity contribution is 7.99. The number of anilines is 2. The summed E-state index contributed by atoms with van der Waals surface area (Å²) < 4.78 is 0. The molecule has 0 amide bonds. The van der Waals surface area contributed by atoms with Crippen molar-refractivity contribution in [1.82, 2.24) is 0 Å². The van der Waals surface area contributed by atoms with Gasteiger partial charge in [0.25, 0.3) is 0 Å². The van der Waals surface area contributed by atoms with Crippen LogP contribution < -0.4 is 10.5 Å². The molecule has 0 radical (unpaired) electrons. The van der Waals surface area contributed by atoms with Gasteiger partial charge in [0.05, 0.1) is 19.4 Å². The van der Waals surface area contributed by atoms with Gasteiger partial charge < -0.3 is 5.32 Å². The van der Waals surface area contributed by atoms with Crippen molar-refractivity contribution in [2.24, 2.45) is 0 Å². The highest BCUT2D eigenvalue weighted by Crippen LogP contribution is 2.43. The minimum Gasteiger partial charge on any atom is -0.354 e. The summed E-state index contributed by atoms with van der Waals surface area (Å²) in [7, 11) is -1.31. The predicted molar refractivity (Wildman–Crippen MR) is 83.3 cm³/mol. The van der Waals surface area contributed by atoms with Gasteiger partial charge in [-0.15, -0.1) is 0 Å². The summed E-state index contributed by atoms with van der Waals surface area (Å²) in [5, 5.41) is 5.15. The summed E-state index contributed by atoms with van der Waals surface area (Å²) in [4.78, 5) is 2.67. The highest BCUT2D eigenvalue weighted by atomic mass is 32.2. The summed E-state index contributed by atoms with van der Waals surface area (Å²) in [6.07, 6.45) is 0. The van der Waals surface area contributed by atoms with Crippen molar-refractivity contribution in [1.29, 1.82) is 0 Å². The maximum Gasteiger partial charge on any atom is 0.0803 e. The number of hydrogen-bond acceptors (Lipinski definition) is 2. The third-order valence-electron chi connectivity index (χ3n) is 3.20. The van der Waals surface area contributed by atoms with Crippen LogP contribution in [0.3, 0.4) is 0 Å². The van der Waals surface area contributed by atoms with Gasteiger partial charge in [-0.2, -0.15) is 0 Å². The van der Waals surface area contributed by atoms with Crippen LogP contribution in [0, 0.1) is 0 Å². The van der Waals surface area contributed by atoms with Gasteiger partial charge in [0, 0.05) is 9.79 Å². The molecule has 1 aliphatic heterocycles. The second-order valence-electron chi connectivity index (χ2n) is 5.65. The lowest BCUT2D eigenvalue weighted by molar-refractivity contribution is 1.32. The number of benzene rings is 2. The van der Waals surface area contributed by atoms with Crippen molar-refractivity contribution < 1.29 is 0 Å². The van der Waals surface area contributed by atoms with Crippen LogP contribution in [-0.2, 0) is 0 Å². The maximum atomic E-state index is 3.63. The topological polar surface area (TPSA) is 12.0 Å². The summed E-state index contributed by atoms with van der Waals surface area (Å²) in [6.45, 7) is 7.19. The first kappa shape index (κ1) is 11.9. The van der Waals surface area contributed by atoms with E-state index in [0.29, 0.717) is 0 Å². The molecule has 92 valence electrons. The highest BCUT2D eigenvalue weighted by Gasteiger charge is 2.25. The van der Waals surface area contributed by atoms with E-state index in [2.05, 4.69) is 67.4 Å². The van der Waals surface area contributed by atoms with Gasteiger partial charge in [0.2, 0.25) is 0 Å². The quantitative estimate of drug-likeness (QED) is 0.657. The summed E-state index contributed by atoms with van der Waals surface area (Å²) in [6, 6.07) is 15.2. The standard InChI is InChI=1S/C15H17NSSi/c1-18(2,3)14-10-6-9-13-15(14)16-11-7-4-5-8-12(11)17-13/h4-10,16H,1-3H3. The molecule has 0 aromatic heterocycles. The molecule has 18 heavy (non-hydrogen) atoms. The van der Waals surface area contributed by atoms with E-state index < -0.39 is 8.07 Å². The fraction of sp³-hybridized carbons (Fsp3) is 0.200. The molecule has 1 heterocycles. The summed E-state index contributed by atoms with van der Waals surface area (Å²) in [5.41, 5.74) is 2.57. The third-order valence-corrected chi connectivity index (χ3v) is 6.37. The van der Waals surface area contributed by atoms with Gasteiger partial charge in [0.1, 0.15) is 0 Å². The number of para-hydroxylation sites is 2. The second kappa shape index (κ2) is 4.18. The first-order valence-electron chi connectivity index (χ1n) is 6.23. The van der Waals surface area contributed by atoms with Crippen LogP contribution >= 0.6 is 11.8 Å². The van der Waals surface area contributed by atoms with Crippen molar-refractivity contribution in [2.45, 2.75) is 29.4 Å². The van der Waals surface area contributed by atoms with E-state index in [9.17, 15) is 0 Å². The zero-order chi connectivity index (χ0) is 12.8. The molecule has 0 atom stereocenters. The molecule has 0 saturated carbocycles. The largest absolute Gasteiger partial charge is 0.354 e. The summed E-state index contributed by atoms with van der Waals surface area (Å²) >= 11 is 1.87. The Balaban J connectivity index is 2.14. The normalized spacial score (nSPS) is 13.5. The Labute approximate surface area is 114 Å². The molecule has 1 aliphatic rings. The molecule has 3 heteroatoms. The smallest absolute Gasteiger partial charge is 0.0803 e. The molecule has 0 unspecified atom stereocenters. The van der Waals surface area contributed by atoms with Crippen LogP contribution in [0.25, 0.3) is 0 Å². The molecule has 0 bridgehead atoms. The minimum absolute atomic E-state index is 1.24. The fourth-order valence-electron chi connectivity index (χ4n) is 2.28. The van der Waals surface area contributed by atoms with E-state index in [-0.39, 0.29) is 0 Å². The van der Waals surface area contributed by atoms with Crippen molar-refractivity contribution >= 4 is 36.4 Å². The van der Waals surface area contributed by atoms with Crippen molar-refractivity contribution in [2.75, 3.05) is 5.32 Å². The van der Waals surface area contributed by atoms with Crippen LogP contribution in [0.2, 0.25) is 19.6 Å². The molecule has 0 fully saturated rings. The lowest BCUT2D eigenvalue weighted by Gasteiger charge is -2.27. The fourth-order valence-corrected chi connectivity index (χ4v) is 4.94. The number of fused-ring (bicyclic) bond motifs is 2. The molecule has 0 spiro atoms. The van der Waals surface area contributed by atoms with E-state index in [0.717, 1.165) is 0 Å². The Hall–Kier alpha value is -1.19. The molecule has 2 aromatic rings. The Bertz CT molecular complexity index is 602. The zero-order valence-corrected chi connectivity index (χ0v) is 12.8. The Morgan fingerprint density at radius 2 is 1.61 bits per heavy atom. The molecular weight excluding hydrogens is 254 g/mol. The zero-order valence-electron chi connectivity index (χ0n) is 10.9. The van der Waals surface area contributed by atoms with Gasteiger partial charge in [-0.1, -0.05) is 55.7 Å². The van der Waals surface area contributed by atoms with Gasteiger partial charge in [-0.05, 0) is 23.4 Å². The first-order valence-corrected chi connectivity index (χ1v) is 10.5. The van der Waals surface area contributed by atoms with Crippen molar-refractivity contribution in [3.05, 3.63) is 42.5 Å². The van der Waals surface area contributed by atoms with E-state index >= 15 is 0 Å². The SMILES string of the molecule is C[Si](C)(C)c1cccc2c1Nc1ccccc1S2. The Kier molecular flexibility index (Phi) is 2.75. The molecule has 0 saturated heterocycles. The number of rotatable bonds is 1. The molecule has 2 aromatic carbocycles. The van der Waals surface area contributed by atoms with E-state index in [1.807, 2.05) is 11.8 Å². The van der Waals surface area contributed by atoms with Gasteiger partial charge in [0.15, 0.2) is 0 Å². The lowest BCUT2D eigenvalue weighted by Crippen LogP contribution is -2.39. The lowest BCUT2D eigenvalue weighted by atomic mass is 10.2. The monoisotopic (exact) mass is 271 g/mol. The van der Waals surface area contributed by atoms with Crippen LogP contribution in [0.5, 0.6) is 0 Å². The van der Waals surface area contributed by atoms with E-state index in [1.165, 1.54) is 26.4 Å². The maximum absolute atomic E-state index is 3.63. The third kappa shape index (κ3) is 1.97. The Morgan fingerprint density at radius 1 is 0.889 bits per heavy atom. The second-order valence-corrected chi connectivity index (χ2v) is 11.8. The summed E-state index contributed by atoms with van der Waals surface area (Å²) in [5.74, 6) is 0. The number of hydrogen-bond donors (Lipinski definition) is 1. The van der Waals surface area contributed by atoms with Crippen LogP contribution in [0.15, 0.2) is 52.3 Å². The molecular formula is C15H17NSSi. The first-order chi connectivity index (χ1) is 8.55. The minimum atomic E-state index is -1.31.